The fourth-order valence-electron chi connectivity index (χ4n) is 1.46. The third-order valence-electron chi connectivity index (χ3n) is 2.88. The first kappa shape index (κ1) is 14.4. The zero-order valence-electron chi connectivity index (χ0n) is 11.3. The number of anilines is 2. The number of nitrogens with one attached hydrogen (secondary N) is 2. The Morgan fingerprint density at radius 2 is 1.94 bits per heavy atom. The molecule has 1 atom stereocenters. The Labute approximate surface area is 107 Å². The van der Waals surface area contributed by atoms with Gasteiger partial charge in [0.2, 0.25) is 11.9 Å². The van der Waals surface area contributed by atoms with Gasteiger partial charge >= 0.3 is 6.01 Å². The molecule has 0 amide bonds. The maximum atomic E-state index is 9.08. The van der Waals surface area contributed by atoms with Crippen LogP contribution in [0, 0.1) is 0 Å². The zero-order chi connectivity index (χ0) is 13.6. The molecule has 1 unspecified atom stereocenters. The lowest BCUT2D eigenvalue weighted by Gasteiger charge is -2.28. The minimum Gasteiger partial charge on any atom is -0.467 e. The quantitative estimate of drug-likeness (QED) is 0.666. The fraction of sp³-hybridized carbons (Fsp3) is 0.727. The maximum absolute atomic E-state index is 9.08. The minimum absolute atomic E-state index is 0.110. The molecular weight excluding hydrogens is 234 g/mol. The lowest BCUT2D eigenvalue weighted by atomic mass is 9.95. The minimum atomic E-state index is -0.258. The summed E-state index contributed by atoms with van der Waals surface area (Å²) >= 11 is 0. The molecule has 7 heteroatoms. The van der Waals surface area contributed by atoms with Crippen molar-refractivity contribution < 1.29 is 9.84 Å². The molecule has 3 N–H and O–H groups in total. The molecule has 0 aromatic carbocycles. The van der Waals surface area contributed by atoms with E-state index in [4.69, 9.17) is 9.84 Å². The molecule has 1 heterocycles. The van der Waals surface area contributed by atoms with Gasteiger partial charge < -0.3 is 20.5 Å². The molecule has 1 aromatic heterocycles. The second-order valence-electron chi connectivity index (χ2n) is 4.23. The predicted molar refractivity (Wildman–Crippen MR) is 69.9 cm³/mol. The molecule has 0 radical (unpaired) electrons. The zero-order valence-corrected chi connectivity index (χ0v) is 11.3. The highest BCUT2D eigenvalue weighted by Crippen LogP contribution is 2.21. The Morgan fingerprint density at radius 3 is 2.44 bits per heavy atom. The van der Waals surface area contributed by atoms with E-state index in [2.05, 4.69) is 25.6 Å². The highest BCUT2D eigenvalue weighted by Gasteiger charge is 2.23. The summed E-state index contributed by atoms with van der Waals surface area (Å²) in [6, 6.07) is 0.249. The number of nitrogens with zero attached hydrogens (tertiary/aromatic N) is 3. The third kappa shape index (κ3) is 3.69. The molecule has 0 fully saturated rings. The second-order valence-corrected chi connectivity index (χ2v) is 4.23. The van der Waals surface area contributed by atoms with Gasteiger partial charge in [0.25, 0.3) is 0 Å². The Morgan fingerprint density at radius 1 is 1.28 bits per heavy atom. The van der Waals surface area contributed by atoms with E-state index < -0.39 is 0 Å². The van der Waals surface area contributed by atoms with Crippen LogP contribution in [-0.4, -0.2) is 46.4 Å². The first-order chi connectivity index (χ1) is 8.56. The number of ether oxygens (including phenoxy) is 1. The number of hydrogen-bond donors (Lipinski definition) is 3. The van der Waals surface area contributed by atoms with Crippen LogP contribution in [0.1, 0.15) is 26.7 Å². The molecule has 0 aliphatic heterocycles. The van der Waals surface area contributed by atoms with E-state index in [-0.39, 0.29) is 18.2 Å². The molecule has 0 bridgehead atoms. The summed E-state index contributed by atoms with van der Waals surface area (Å²) in [6.45, 7) is 4.16. The molecule has 0 aliphatic rings. The van der Waals surface area contributed by atoms with Crippen molar-refractivity contribution in [2.45, 2.75) is 32.2 Å². The van der Waals surface area contributed by atoms with Crippen molar-refractivity contribution in [3.8, 4) is 6.01 Å². The van der Waals surface area contributed by atoms with Crippen molar-refractivity contribution in [1.29, 1.82) is 0 Å². The molecule has 1 rings (SSSR count). The number of methoxy groups -OCH3 is 1. The van der Waals surface area contributed by atoms with Crippen LogP contribution in [0.3, 0.4) is 0 Å². The van der Waals surface area contributed by atoms with Crippen molar-refractivity contribution >= 4 is 11.9 Å². The van der Waals surface area contributed by atoms with E-state index in [9.17, 15) is 0 Å². The summed E-state index contributed by atoms with van der Waals surface area (Å²) in [5.74, 6) is 0.871. The average molecular weight is 255 g/mol. The van der Waals surface area contributed by atoms with Crippen LogP contribution < -0.4 is 15.4 Å². The van der Waals surface area contributed by atoms with E-state index in [1.54, 1.807) is 7.05 Å². The first-order valence-corrected chi connectivity index (χ1v) is 5.93. The van der Waals surface area contributed by atoms with Gasteiger partial charge in [-0.3, -0.25) is 0 Å². The molecule has 102 valence electrons. The van der Waals surface area contributed by atoms with Gasteiger partial charge in [-0.2, -0.15) is 15.0 Å². The van der Waals surface area contributed by atoms with Crippen molar-refractivity contribution in [2.75, 3.05) is 31.4 Å². The van der Waals surface area contributed by atoms with Crippen molar-refractivity contribution in [3.63, 3.8) is 0 Å². The largest absolute Gasteiger partial charge is 0.467 e. The van der Waals surface area contributed by atoms with E-state index in [1.807, 2.05) is 13.8 Å². The summed E-state index contributed by atoms with van der Waals surface area (Å²) in [6.07, 6.45) is 1.46. The van der Waals surface area contributed by atoms with Crippen molar-refractivity contribution in [1.82, 2.24) is 15.0 Å². The predicted octanol–water partition coefficient (Wildman–Crippen LogP) is 0.885. The summed E-state index contributed by atoms with van der Waals surface area (Å²) in [5.41, 5.74) is -0.258. The van der Waals surface area contributed by atoms with Gasteiger partial charge in [-0.1, -0.05) is 6.92 Å². The van der Waals surface area contributed by atoms with Crippen LogP contribution in [0.25, 0.3) is 0 Å². The molecule has 1 aromatic rings. The molecule has 18 heavy (non-hydrogen) atoms. The molecule has 0 saturated heterocycles. The number of aliphatic hydroxyl groups excluding tert-OH is 1. The van der Waals surface area contributed by atoms with E-state index in [0.717, 1.165) is 6.42 Å². The standard InChI is InChI=1S/C11H21N5O2/c1-5-11(2,6-7-17)16-9-13-8(12-3)14-10(15-9)18-4/h17H,5-7H2,1-4H3,(H2,12,13,14,15,16). The first-order valence-electron chi connectivity index (χ1n) is 5.93. The van der Waals surface area contributed by atoms with Crippen LogP contribution in [0.15, 0.2) is 0 Å². The van der Waals surface area contributed by atoms with Crippen molar-refractivity contribution in [2.24, 2.45) is 0 Å². The smallest absolute Gasteiger partial charge is 0.322 e. The summed E-state index contributed by atoms with van der Waals surface area (Å²) in [4.78, 5) is 12.4. The molecule has 0 spiro atoms. The van der Waals surface area contributed by atoms with Crippen LogP contribution in [0.4, 0.5) is 11.9 Å². The SMILES string of the molecule is CCC(C)(CCO)Nc1nc(NC)nc(OC)n1. The fourth-order valence-corrected chi connectivity index (χ4v) is 1.46. The van der Waals surface area contributed by atoms with Crippen LogP contribution in [-0.2, 0) is 0 Å². The molecular formula is C11H21N5O2. The number of rotatable bonds is 7. The van der Waals surface area contributed by atoms with Crippen LogP contribution in [0.2, 0.25) is 0 Å². The summed E-state index contributed by atoms with van der Waals surface area (Å²) < 4.78 is 5.01. The van der Waals surface area contributed by atoms with Crippen LogP contribution >= 0.6 is 0 Å². The highest BCUT2D eigenvalue weighted by atomic mass is 16.5. The van der Waals surface area contributed by atoms with Gasteiger partial charge in [-0.25, -0.2) is 0 Å². The van der Waals surface area contributed by atoms with Crippen molar-refractivity contribution in [3.05, 3.63) is 0 Å². The van der Waals surface area contributed by atoms with E-state index in [0.29, 0.717) is 18.3 Å². The molecule has 7 nitrogen and oxygen atoms in total. The lowest BCUT2D eigenvalue weighted by molar-refractivity contribution is 0.251. The number of aliphatic hydroxyl groups is 1. The van der Waals surface area contributed by atoms with E-state index in [1.165, 1.54) is 7.11 Å². The van der Waals surface area contributed by atoms with Gasteiger partial charge in [-0.05, 0) is 19.8 Å². The maximum Gasteiger partial charge on any atom is 0.322 e. The Hall–Kier alpha value is -1.63. The Balaban J connectivity index is 2.94. The number of hydrogen-bond acceptors (Lipinski definition) is 7. The normalized spacial score (nSPS) is 13.8. The molecule has 0 saturated carbocycles. The van der Waals surface area contributed by atoms with Gasteiger partial charge in [-0.15, -0.1) is 0 Å². The summed E-state index contributed by atoms with van der Waals surface area (Å²) in [7, 11) is 3.23. The van der Waals surface area contributed by atoms with Crippen LogP contribution in [0.5, 0.6) is 6.01 Å². The number of aromatic nitrogens is 3. The van der Waals surface area contributed by atoms with E-state index >= 15 is 0 Å². The van der Waals surface area contributed by atoms with Gasteiger partial charge in [0.15, 0.2) is 0 Å². The Kier molecular flexibility index (Phi) is 5.08. The lowest BCUT2D eigenvalue weighted by Crippen LogP contribution is -2.36. The van der Waals surface area contributed by atoms with Gasteiger partial charge in [0, 0.05) is 19.2 Å². The second kappa shape index (κ2) is 6.34. The highest BCUT2D eigenvalue weighted by molar-refractivity contribution is 5.37. The topological polar surface area (TPSA) is 92.2 Å². The summed E-state index contributed by atoms with van der Waals surface area (Å²) in [5, 5.41) is 15.1. The Bertz CT molecular complexity index is 365. The van der Waals surface area contributed by atoms with Gasteiger partial charge in [0.05, 0.1) is 7.11 Å². The average Bonchev–Trinajstić information content (AvgIpc) is 2.38. The molecule has 0 aliphatic carbocycles. The third-order valence-corrected chi connectivity index (χ3v) is 2.88. The monoisotopic (exact) mass is 255 g/mol. The van der Waals surface area contributed by atoms with Gasteiger partial charge in [0.1, 0.15) is 0 Å².